The summed E-state index contributed by atoms with van der Waals surface area (Å²) in [6.07, 6.45) is -3.35. The van der Waals surface area contributed by atoms with E-state index in [9.17, 15) is 27.6 Å². The van der Waals surface area contributed by atoms with Crippen molar-refractivity contribution in [3.63, 3.8) is 0 Å². The van der Waals surface area contributed by atoms with Gasteiger partial charge in [-0.3, -0.25) is 4.79 Å². The average Bonchev–Trinajstić information content (AvgIpc) is 2.77. The lowest BCUT2D eigenvalue weighted by Gasteiger charge is -2.12. The Kier molecular flexibility index (Phi) is 7.97. The summed E-state index contributed by atoms with van der Waals surface area (Å²) in [7, 11) is 0. The number of halogens is 6. The number of carbonyl (C=O) groups is 1. The summed E-state index contributed by atoms with van der Waals surface area (Å²) >= 11 is 9.57. The highest BCUT2D eigenvalue weighted by Gasteiger charge is 2.30. The monoisotopic (exact) mass is 552 g/mol. The summed E-state index contributed by atoms with van der Waals surface area (Å²) in [6.45, 7) is -0.0803. The van der Waals surface area contributed by atoms with E-state index >= 15 is 0 Å². The van der Waals surface area contributed by atoms with E-state index in [1.807, 2.05) is 0 Å². The van der Waals surface area contributed by atoms with Gasteiger partial charge >= 0.3 is 6.18 Å². The molecule has 1 N–H and O–H groups in total. The van der Waals surface area contributed by atoms with Crippen LogP contribution in [0.4, 0.5) is 23.2 Å². The van der Waals surface area contributed by atoms with Gasteiger partial charge < -0.3 is 10.1 Å². The van der Waals surface area contributed by atoms with Gasteiger partial charge in [-0.25, -0.2) is 4.39 Å². The Balaban J connectivity index is 1.79. The van der Waals surface area contributed by atoms with Crippen LogP contribution in [-0.2, 0) is 17.6 Å². The Hall–Kier alpha value is -3.35. The standard InChI is InChI=1S/C24H14BrClF4N2O2/c25-19-9-14(10-20(26)22(19)34-13-15-4-1-2-7-21(15)27)8-16(12-31)23(33)32-18-6-3-5-17(11-18)24(28,29)30/h1-11H,13H2,(H,32,33)/b16-8-. The van der Waals surface area contributed by atoms with Crippen LogP contribution < -0.4 is 10.1 Å². The van der Waals surface area contributed by atoms with Crippen molar-refractivity contribution in [2.75, 3.05) is 5.32 Å². The number of nitriles is 1. The second-order valence-corrected chi connectivity index (χ2v) is 8.16. The number of ether oxygens (including phenoxy) is 1. The zero-order valence-electron chi connectivity index (χ0n) is 17.1. The molecule has 1 amide bonds. The van der Waals surface area contributed by atoms with Crippen LogP contribution in [-0.4, -0.2) is 5.91 Å². The number of carbonyl (C=O) groups excluding carboxylic acids is 1. The first kappa shape index (κ1) is 25.3. The van der Waals surface area contributed by atoms with E-state index in [4.69, 9.17) is 16.3 Å². The molecule has 0 bridgehead atoms. The number of nitrogens with zero attached hydrogens (tertiary/aromatic N) is 1. The van der Waals surface area contributed by atoms with Crippen LogP contribution in [0, 0.1) is 17.1 Å². The largest absolute Gasteiger partial charge is 0.486 e. The molecule has 0 atom stereocenters. The molecule has 3 rings (SSSR count). The van der Waals surface area contributed by atoms with Crippen molar-refractivity contribution in [1.29, 1.82) is 5.26 Å². The van der Waals surface area contributed by atoms with Gasteiger partial charge in [-0.05, 0) is 64.0 Å². The second kappa shape index (κ2) is 10.7. The van der Waals surface area contributed by atoms with E-state index in [0.29, 0.717) is 15.6 Å². The van der Waals surface area contributed by atoms with Crippen molar-refractivity contribution in [1.82, 2.24) is 0 Å². The van der Waals surface area contributed by atoms with Crippen LogP contribution in [0.1, 0.15) is 16.7 Å². The zero-order chi connectivity index (χ0) is 24.9. The Labute approximate surface area is 205 Å². The number of anilines is 1. The summed E-state index contributed by atoms with van der Waals surface area (Å²) in [4.78, 5) is 12.4. The molecule has 4 nitrogen and oxygen atoms in total. The molecule has 0 aliphatic carbocycles. The SMILES string of the molecule is N#C/C(=C/c1cc(Cl)c(OCc2ccccc2F)c(Br)c1)C(=O)Nc1cccc(C(F)(F)F)c1. The molecule has 0 unspecified atom stereocenters. The lowest BCUT2D eigenvalue weighted by Crippen LogP contribution is -2.14. The molecule has 0 radical (unpaired) electrons. The van der Waals surface area contributed by atoms with Crippen molar-refractivity contribution >= 4 is 45.2 Å². The molecule has 0 heterocycles. The van der Waals surface area contributed by atoms with Gasteiger partial charge in [-0.1, -0.05) is 35.9 Å². The first-order valence-electron chi connectivity index (χ1n) is 9.54. The molecule has 0 aliphatic rings. The Morgan fingerprint density at radius 3 is 2.53 bits per heavy atom. The van der Waals surface area contributed by atoms with Gasteiger partial charge in [0.15, 0.2) is 5.75 Å². The minimum atomic E-state index is -4.58. The van der Waals surface area contributed by atoms with Crippen LogP contribution >= 0.6 is 27.5 Å². The molecule has 3 aromatic rings. The molecule has 3 aromatic carbocycles. The molecular formula is C24H14BrClF4N2O2. The first-order valence-corrected chi connectivity index (χ1v) is 10.7. The van der Waals surface area contributed by atoms with Gasteiger partial charge in [0.25, 0.3) is 5.91 Å². The van der Waals surface area contributed by atoms with Crippen molar-refractivity contribution in [3.05, 3.63) is 98.2 Å². The smallest absolute Gasteiger partial charge is 0.416 e. The van der Waals surface area contributed by atoms with Crippen LogP contribution in [0.25, 0.3) is 6.08 Å². The minimum Gasteiger partial charge on any atom is -0.486 e. The number of benzene rings is 3. The normalized spacial score (nSPS) is 11.6. The summed E-state index contributed by atoms with van der Waals surface area (Å²) in [6, 6.07) is 14.8. The van der Waals surface area contributed by atoms with Gasteiger partial charge in [0, 0.05) is 11.3 Å². The number of nitrogens with one attached hydrogen (secondary N) is 1. The van der Waals surface area contributed by atoms with Gasteiger partial charge in [-0.15, -0.1) is 0 Å². The molecule has 0 spiro atoms. The van der Waals surface area contributed by atoms with Gasteiger partial charge in [-0.2, -0.15) is 18.4 Å². The van der Waals surface area contributed by atoms with Crippen molar-refractivity contribution in [2.24, 2.45) is 0 Å². The van der Waals surface area contributed by atoms with E-state index in [1.54, 1.807) is 24.3 Å². The Morgan fingerprint density at radius 2 is 1.88 bits per heavy atom. The topological polar surface area (TPSA) is 62.1 Å². The highest BCUT2D eigenvalue weighted by molar-refractivity contribution is 9.10. The number of alkyl halides is 3. The molecule has 0 saturated heterocycles. The predicted octanol–water partition coefficient (Wildman–Crippen LogP) is 7.39. The van der Waals surface area contributed by atoms with E-state index in [1.165, 1.54) is 30.3 Å². The maximum absolute atomic E-state index is 13.8. The molecule has 0 aromatic heterocycles. The zero-order valence-corrected chi connectivity index (χ0v) is 19.4. The third-order valence-corrected chi connectivity index (χ3v) is 5.34. The van der Waals surface area contributed by atoms with Crippen LogP contribution in [0.5, 0.6) is 5.75 Å². The predicted molar refractivity (Wildman–Crippen MR) is 124 cm³/mol. The lowest BCUT2D eigenvalue weighted by atomic mass is 10.1. The van der Waals surface area contributed by atoms with E-state index in [0.717, 1.165) is 18.2 Å². The molecular weight excluding hydrogens is 540 g/mol. The highest BCUT2D eigenvalue weighted by atomic mass is 79.9. The minimum absolute atomic E-state index is 0.0803. The van der Waals surface area contributed by atoms with Gasteiger partial charge in [0.2, 0.25) is 0 Å². The fourth-order valence-electron chi connectivity index (χ4n) is 2.85. The highest BCUT2D eigenvalue weighted by Crippen LogP contribution is 2.36. The van der Waals surface area contributed by atoms with E-state index < -0.39 is 23.5 Å². The molecule has 174 valence electrons. The molecule has 0 saturated carbocycles. The quantitative estimate of drug-likeness (QED) is 0.197. The molecule has 10 heteroatoms. The van der Waals surface area contributed by atoms with E-state index in [2.05, 4.69) is 21.2 Å². The summed E-state index contributed by atoms with van der Waals surface area (Å²) in [5, 5.41) is 11.8. The number of rotatable bonds is 6. The van der Waals surface area contributed by atoms with Crippen LogP contribution in [0.15, 0.2) is 70.7 Å². The second-order valence-electron chi connectivity index (χ2n) is 6.90. The van der Waals surface area contributed by atoms with Gasteiger partial charge in [0.05, 0.1) is 15.1 Å². The molecule has 0 aliphatic heterocycles. The first-order chi connectivity index (χ1) is 16.1. The maximum Gasteiger partial charge on any atom is 0.416 e. The molecule has 0 fully saturated rings. The summed E-state index contributed by atoms with van der Waals surface area (Å²) in [5.41, 5.74) is -0.731. The van der Waals surface area contributed by atoms with Crippen LogP contribution in [0.3, 0.4) is 0 Å². The number of hydrogen-bond acceptors (Lipinski definition) is 3. The Bertz CT molecular complexity index is 1280. The average molecular weight is 554 g/mol. The number of amides is 1. The van der Waals surface area contributed by atoms with E-state index in [-0.39, 0.29) is 28.6 Å². The number of hydrogen-bond donors (Lipinski definition) is 1. The third-order valence-electron chi connectivity index (χ3n) is 4.47. The van der Waals surface area contributed by atoms with Crippen molar-refractivity contribution in [3.8, 4) is 11.8 Å². The fraction of sp³-hybridized carbons (Fsp3) is 0.0833. The summed E-state index contributed by atoms with van der Waals surface area (Å²) in [5.74, 6) is -1.09. The Morgan fingerprint density at radius 1 is 1.15 bits per heavy atom. The van der Waals surface area contributed by atoms with Crippen molar-refractivity contribution < 1.29 is 27.1 Å². The maximum atomic E-state index is 13.8. The van der Waals surface area contributed by atoms with Gasteiger partial charge in [0.1, 0.15) is 24.1 Å². The fourth-order valence-corrected chi connectivity index (χ4v) is 3.84. The third kappa shape index (κ3) is 6.37. The molecule has 34 heavy (non-hydrogen) atoms. The van der Waals surface area contributed by atoms with Crippen molar-refractivity contribution in [2.45, 2.75) is 12.8 Å². The lowest BCUT2D eigenvalue weighted by molar-refractivity contribution is -0.137. The van der Waals surface area contributed by atoms with Crippen LogP contribution in [0.2, 0.25) is 5.02 Å². The summed E-state index contributed by atoms with van der Waals surface area (Å²) < 4.78 is 58.4.